The van der Waals surface area contributed by atoms with Gasteiger partial charge in [-0.05, 0) is 46.9 Å². The van der Waals surface area contributed by atoms with E-state index in [1.165, 1.54) is 5.56 Å². The second-order valence-corrected chi connectivity index (χ2v) is 6.20. The first-order valence-electron chi connectivity index (χ1n) is 8.33. The molecule has 2 aromatic carbocycles. The Labute approximate surface area is 142 Å². The van der Waals surface area contributed by atoms with Crippen molar-refractivity contribution in [3.63, 3.8) is 0 Å². The van der Waals surface area contributed by atoms with Crippen LogP contribution in [0.5, 0.6) is 0 Å². The first kappa shape index (κ1) is 16.2. The lowest BCUT2D eigenvalue weighted by Gasteiger charge is -2.25. The molecule has 0 saturated carbocycles. The third-order valence-electron chi connectivity index (χ3n) is 4.47. The maximum absolute atomic E-state index is 15.3. The zero-order chi connectivity index (χ0) is 17.0. The second kappa shape index (κ2) is 6.84. The highest BCUT2D eigenvalue weighted by molar-refractivity contribution is 5.76. The molecule has 0 N–H and O–H groups in total. The van der Waals surface area contributed by atoms with E-state index in [-0.39, 0.29) is 0 Å². The lowest BCUT2D eigenvalue weighted by atomic mass is 9.85. The third-order valence-corrected chi connectivity index (χ3v) is 4.47. The summed E-state index contributed by atoms with van der Waals surface area (Å²) in [6.07, 6.45) is 7.86. The monoisotopic (exact) mass is 317 g/mol. The number of aryl methyl sites for hydroxylation is 1. The van der Waals surface area contributed by atoms with Gasteiger partial charge >= 0.3 is 0 Å². The van der Waals surface area contributed by atoms with Crippen LogP contribution in [0, 0.1) is 11.3 Å². The van der Waals surface area contributed by atoms with Crippen molar-refractivity contribution in [2.45, 2.75) is 31.9 Å². The van der Waals surface area contributed by atoms with Crippen molar-refractivity contribution >= 4 is 5.57 Å². The lowest BCUT2D eigenvalue weighted by Crippen LogP contribution is -2.18. The number of hydrogen-bond acceptors (Lipinski definition) is 1. The Morgan fingerprint density at radius 1 is 1.08 bits per heavy atom. The SMILES string of the molecule is CCCc1ccc(C2(F)C=CC(c3ccc(C#N)cc3)=CC2)cc1. The van der Waals surface area contributed by atoms with E-state index in [0.29, 0.717) is 17.5 Å². The molecule has 1 unspecified atom stereocenters. The van der Waals surface area contributed by atoms with Crippen LogP contribution in [0.3, 0.4) is 0 Å². The van der Waals surface area contributed by atoms with Gasteiger partial charge < -0.3 is 0 Å². The molecule has 1 aliphatic rings. The minimum Gasteiger partial charge on any atom is -0.234 e. The van der Waals surface area contributed by atoms with Gasteiger partial charge in [0.15, 0.2) is 5.67 Å². The Morgan fingerprint density at radius 3 is 2.33 bits per heavy atom. The number of nitriles is 1. The molecule has 0 heterocycles. The van der Waals surface area contributed by atoms with Gasteiger partial charge in [0, 0.05) is 6.42 Å². The highest BCUT2D eigenvalue weighted by Crippen LogP contribution is 2.37. The van der Waals surface area contributed by atoms with Crippen LogP contribution in [0.25, 0.3) is 5.57 Å². The van der Waals surface area contributed by atoms with Gasteiger partial charge in [-0.2, -0.15) is 5.26 Å². The number of benzene rings is 2. The summed E-state index contributed by atoms with van der Waals surface area (Å²) in [4.78, 5) is 0. The zero-order valence-electron chi connectivity index (χ0n) is 13.8. The van der Waals surface area contributed by atoms with Crippen LogP contribution in [-0.2, 0) is 12.1 Å². The van der Waals surface area contributed by atoms with Crippen LogP contribution in [0.2, 0.25) is 0 Å². The first-order valence-corrected chi connectivity index (χ1v) is 8.33. The fourth-order valence-corrected chi connectivity index (χ4v) is 3.02. The number of allylic oxidation sites excluding steroid dienone is 4. The van der Waals surface area contributed by atoms with Crippen molar-refractivity contribution < 1.29 is 4.39 Å². The Balaban J connectivity index is 1.78. The fraction of sp³-hybridized carbons (Fsp3) is 0.227. The third kappa shape index (κ3) is 3.31. The van der Waals surface area contributed by atoms with Crippen molar-refractivity contribution in [2.24, 2.45) is 0 Å². The zero-order valence-corrected chi connectivity index (χ0v) is 13.8. The maximum Gasteiger partial charge on any atom is 0.157 e. The molecule has 2 heteroatoms. The molecule has 0 saturated heterocycles. The van der Waals surface area contributed by atoms with Gasteiger partial charge in [-0.1, -0.05) is 61.9 Å². The van der Waals surface area contributed by atoms with Gasteiger partial charge in [0.2, 0.25) is 0 Å². The Hall–Kier alpha value is -2.66. The van der Waals surface area contributed by atoms with Gasteiger partial charge in [0.05, 0.1) is 11.6 Å². The molecule has 3 rings (SSSR count). The number of rotatable bonds is 4. The average Bonchev–Trinajstić information content (AvgIpc) is 2.63. The van der Waals surface area contributed by atoms with E-state index in [4.69, 9.17) is 5.26 Å². The predicted molar refractivity (Wildman–Crippen MR) is 96.1 cm³/mol. The quantitative estimate of drug-likeness (QED) is 0.707. The molecule has 0 aromatic heterocycles. The van der Waals surface area contributed by atoms with Crippen LogP contribution in [0.15, 0.2) is 66.8 Å². The Morgan fingerprint density at radius 2 is 1.79 bits per heavy atom. The molecule has 0 fully saturated rings. The molecule has 0 radical (unpaired) electrons. The van der Waals surface area contributed by atoms with Crippen molar-refractivity contribution in [1.82, 2.24) is 0 Å². The minimum atomic E-state index is -1.44. The van der Waals surface area contributed by atoms with Crippen molar-refractivity contribution in [2.75, 3.05) is 0 Å². The summed E-state index contributed by atoms with van der Waals surface area (Å²) in [6, 6.07) is 17.3. The fourth-order valence-electron chi connectivity index (χ4n) is 3.02. The summed E-state index contributed by atoms with van der Waals surface area (Å²) in [7, 11) is 0. The smallest absolute Gasteiger partial charge is 0.157 e. The van der Waals surface area contributed by atoms with E-state index in [0.717, 1.165) is 24.0 Å². The van der Waals surface area contributed by atoms with Gasteiger partial charge in [-0.25, -0.2) is 4.39 Å². The summed E-state index contributed by atoms with van der Waals surface area (Å²) < 4.78 is 15.3. The molecule has 1 aliphatic carbocycles. The van der Waals surface area contributed by atoms with E-state index in [2.05, 4.69) is 13.0 Å². The van der Waals surface area contributed by atoms with Gasteiger partial charge in [-0.3, -0.25) is 0 Å². The standard InChI is InChI=1S/C22H20FN/c1-2-3-17-6-10-21(11-7-17)22(23)14-12-20(13-15-22)19-8-4-18(16-24)5-9-19/h4-14H,2-3,15H2,1H3. The number of hydrogen-bond donors (Lipinski definition) is 0. The second-order valence-electron chi connectivity index (χ2n) is 6.20. The van der Waals surface area contributed by atoms with Gasteiger partial charge in [0.25, 0.3) is 0 Å². The van der Waals surface area contributed by atoms with E-state index >= 15 is 4.39 Å². The molecule has 1 atom stereocenters. The van der Waals surface area contributed by atoms with Crippen LogP contribution in [0.1, 0.15) is 42.0 Å². The van der Waals surface area contributed by atoms with Crippen molar-refractivity contribution in [1.29, 1.82) is 5.26 Å². The van der Waals surface area contributed by atoms with E-state index in [1.54, 1.807) is 18.2 Å². The van der Waals surface area contributed by atoms with Crippen LogP contribution in [-0.4, -0.2) is 0 Å². The maximum atomic E-state index is 15.3. The molecule has 120 valence electrons. The summed E-state index contributed by atoms with van der Waals surface area (Å²) in [5, 5.41) is 8.86. The Bertz CT molecular complexity index is 807. The lowest BCUT2D eigenvalue weighted by molar-refractivity contribution is 0.236. The summed E-state index contributed by atoms with van der Waals surface area (Å²) >= 11 is 0. The van der Waals surface area contributed by atoms with E-state index in [9.17, 15) is 0 Å². The summed E-state index contributed by atoms with van der Waals surface area (Å²) in [5.41, 5.74) is 3.14. The van der Waals surface area contributed by atoms with Gasteiger partial charge in [-0.15, -0.1) is 0 Å². The average molecular weight is 317 g/mol. The van der Waals surface area contributed by atoms with E-state index in [1.807, 2.05) is 48.6 Å². The Kier molecular flexibility index (Phi) is 4.62. The largest absolute Gasteiger partial charge is 0.234 e. The minimum absolute atomic E-state index is 0.325. The number of halogens is 1. The van der Waals surface area contributed by atoms with Crippen LogP contribution < -0.4 is 0 Å². The van der Waals surface area contributed by atoms with Crippen molar-refractivity contribution in [3.8, 4) is 6.07 Å². The van der Waals surface area contributed by atoms with Gasteiger partial charge in [0.1, 0.15) is 0 Å². The highest BCUT2D eigenvalue weighted by atomic mass is 19.1. The topological polar surface area (TPSA) is 23.8 Å². The normalized spacial score (nSPS) is 19.6. The molecule has 0 aliphatic heterocycles. The van der Waals surface area contributed by atoms with Crippen LogP contribution in [0.4, 0.5) is 4.39 Å². The molecule has 2 aromatic rings. The summed E-state index contributed by atoms with van der Waals surface area (Å²) in [5.74, 6) is 0. The molecule has 24 heavy (non-hydrogen) atoms. The number of nitrogens with zero attached hydrogens (tertiary/aromatic N) is 1. The van der Waals surface area contributed by atoms with E-state index < -0.39 is 5.67 Å². The molecule has 0 amide bonds. The molecular weight excluding hydrogens is 297 g/mol. The number of alkyl halides is 1. The van der Waals surface area contributed by atoms with Crippen LogP contribution >= 0.6 is 0 Å². The molecular formula is C22H20FN. The summed E-state index contributed by atoms with van der Waals surface area (Å²) in [6.45, 7) is 2.14. The first-order chi connectivity index (χ1) is 11.6. The van der Waals surface area contributed by atoms with Crippen molar-refractivity contribution in [3.05, 3.63) is 89.0 Å². The predicted octanol–water partition coefficient (Wildman–Crippen LogP) is 5.72. The molecule has 1 nitrogen and oxygen atoms in total. The molecule has 0 bridgehead atoms. The highest BCUT2D eigenvalue weighted by Gasteiger charge is 2.30. The molecule has 0 spiro atoms.